The maximum atomic E-state index is 2.40. The second-order valence-electron chi connectivity index (χ2n) is 11.5. The highest BCUT2D eigenvalue weighted by molar-refractivity contribution is 5.79. The van der Waals surface area contributed by atoms with Crippen molar-refractivity contribution in [2.75, 3.05) is 9.80 Å². The molecule has 0 fully saturated rings. The number of anilines is 5. The Morgan fingerprint density at radius 3 is 1.45 bits per heavy atom. The lowest BCUT2D eigenvalue weighted by atomic mass is 9.64. The molecule has 0 aromatic heterocycles. The molecule has 192 valence electrons. The van der Waals surface area contributed by atoms with Crippen LogP contribution in [0.4, 0.5) is 28.4 Å². The Kier molecular flexibility index (Phi) is 6.99. The Hall–Kier alpha value is -4.04. The number of allylic oxidation sites excluding steroid dienone is 3. The number of para-hydroxylation sites is 2. The van der Waals surface area contributed by atoms with Gasteiger partial charge in [0.15, 0.2) is 0 Å². The monoisotopic (exact) mass is 498 g/mol. The lowest BCUT2D eigenvalue weighted by molar-refractivity contribution is 0.169. The van der Waals surface area contributed by atoms with Gasteiger partial charge in [0, 0.05) is 34.1 Å². The van der Waals surface area contributed by atoms with E-state index in [1.807, 2.05) is 0 Å². The molecule has 0 saturated heterocycles. The van der Waals surface area contributed by atoms with Crippen molar-refractivity contribution in [2.24, 2.45) is 10.8 Å². The smallest absolute Gasteiger partial charge is 0.0463 e. The fourth-order valence-electron chi connectivity index (χ4n) is 4.94. The Balaban J connectivity index is 1.53. The molecule has 2 heteroatoms. The number of benzene rings is 4. The SMILES string of the molecule is Cc1ccc(N(c2ccccc2)c2ccc(N(C3=CCC(C)(C(C)(C)C)C=C3)c3ccccc3)cc2)cc1. The first-order valence-electron chi connectivity index (χ1n) is 13.5. The molecule has 0 radical (unpaired) electrons. The fraction of sp³-hybridized carbons (Fsp3) is 0.222. The second-order valence-corrected chi connectivity index (χ2v) is 11.5. The molecule has 5 rings (SSSR count). The molecular formula is C36H38N2. The van der Waals surface area contributed by atoms with Gasteiger partial charge >= 0.3 is 0 Å². The van der Waals surface area contributed by atoms with Crippen LogP contribution >= 0.6 is 0 Å². The summed E-state index contributed by atoms with van der Waals surface area (Å²) < 4.78 is 0. The van der Waals surface area contributed by atoms with Crippen LogP contribution in [0.3, 0.4) is 0 Å². The zero-order chi connectivity index (χ0) is 26.8. The summed E-state index contributed by atoms with van der Waals surface area (Å²) in [6.07, 6.45) is 8.12. The van der Waals surface area contributed by atoms with Crippen LogP contribution in [-0.4, -0.2) is 0 Å². The zero-order valence-corrected chi connectivity index (χ0v) is 23.2. The third-order valence-corrected chi connectivity index (χ3v) is 8.02. The minimum Gasteiger partial charge on any atom is -0.311 e. The van der Waals surface area contributed by atoms with Gasteiger partial charge in [0.1, 0.15) is 0 Å². The molecule has 0 saturated carbocycles. The predicted octanol–water partition coefficient (Wildman–Crippen LogP) is 10.5. The van der Waals surface area contributed by atoms with E-state index in [2.05, 4.69) is 172 Å². The molecule has 0 heterocycles. The van der Waals surface area contributed by atoms with Gasteiger partial charge < -0.3 is 9.80 Å². The summed E-state index contributed by atoms with van der Waals surface area (Å²) in [6, 6.07) is 38.9. The molecule has 1 aliphatic carbocycles. The van der Waals surface area contributed by atoms with Gasteiger partial charge in [-0.2, -0.15) is 0 Å². The lowest BCUT2D eigenvalue weighted by Crippen LogP contribution is -2.32. The molecule has 1 unspecified atom stereocenters. The topological polar surface area (TPSA) is 6.48 Å². The first kappa shape index (κ1) is 25.6. The van der Waals surface area contributed by atoms with Gasteiger partial charge in [-0.3, -0.25) is 0 Å². The van der Waals surface area contributed by atoms with Crippen LogP contribution in [-0.2, 0) is 0 Å². The molecule has 0 spiro atoms. The van der Waals surface area contributed by atoms with E-state index in [-0.39, 0.29) is 10.8 Å². The van der Waals surface area contributed by atoms with Gasteiger partial charge in [-0.25, -0.2) is 0 Å². The van der Waals surface area contributed by atoms with Crippen molar-refractivity contribution in [2.45, 2.75) is 41.0 Å². The summed E-state index contributed by atoms with van der Waals surface area (Å²) in [6.45, 7) is 11.5. The standard InChI is InChI=1S/C36H38N2/c1-28-16-18-31(19-17-28)37(29-12-8-6-9-13-29)32-20-22-33(23-21-32)38(30-14-10-7-11-15-30)34-24-26-36(5,27-25-34)35(2,3)4/h6-26H,27H2,1-5H3. The highest BCUT2D eigenvalue weighted by Gasteiger charge is 2.36. The largest absolute Gasteiger partial charge is 0.311 e. The van der Waals surface area contributed by atoms with Gasteiger partial charge in [0.05, 0.1) is 0 Å². The highest BCUT2D eigenvalue weighted by atomic mass is 15.2. The third-order valence-electron chi connectivity index (χ3n) is 8.02. The maximum Gasteiger partial charge on any atom is 0.0463 e. The number of aryl methyl sites for hydroxylation is 1. The van der Waals surface area contributed by atoms with Crippen molar-refractivity contribution in [1.82, 2.24) is 0 Å². The number of rotatable bonds is 6. The summed E-state index contributed by atoms with van der Waals surface area (Å²) in [5.74, 6) is 0. The first-order chi connectivity index (χ1) is 18.2. The molecule has 1 aliphatic rings. The van der Waals surface area contributed by atoms with Gasteiger partial charge in [0.25, 0.3) is 0 Å². The summed E-state index contributed by atoms with van der Waals surface area (Å²) in [7, 11) is 0. The third kappa shape index (κ3) is 5.17. The Bertz CT molecular complexity index is 1410. The van der Waals surface area contributed by atoms with Crippen LogP contribution in [0.25, 0.3) is 0 Å². The Labute approximate surface area is 228 Å². The van der Waals surface area contributed by atoms with Crippen molar-refractivity contribution in [3.8, 4) is 0 Å². The average molecular weight is 499 g/mol. The average Bonchev–Trinajstić information content (AvgIpc) is 2.93. The van der Waals surface area contributed by atoms with E-state index in [4.69, 9.17) is 0 Å². The Morgan fingerprint density at radius 2 is 1.00 bits per heavy atom. The maximum absolute atomic E-state index is 2.40. The van der Waals surface area contributed by atoms with Crippen molar-refractivity contribution >= 4 is 28.4 Å². The van der Waals surface area contributed by atoms with Crippen LogP contribution in [0.1, 0.15) is 39.7 Å². The molecule has 0 amide bonds. The zero-order valence-electron chi connectivity index (χ0n) is 23.2. The predicted molar refractivity (Wildman–Crippen MR) is 164 cm³/mol. The van der Waals surface area contributed by atoms with Gasteiger partial charge in [-0.05, 0) is 90.9 Å². The van der Waals surface area contributed by atoms with Crippen LogP contribution in [0.15, 0.2) is 133 Å². The first-order valence-corrected chi connectivity index (χ1v) is 13.5. The number of hydrogen-bond acceptors (Lipinski definition) is 2. The van der Waals surface area contributed by atoms with Crippen LogP contribution in [0.2, 0.25) is 0 Å². The molecule has 38 heavy (non-hydrogen) atoms. The van der Waals surface area contributed by atoms with Crippen LogP contribution in [0, 0.1) is 17.8 Å². The molecule has 4 aromatic carbocycles. The molecular weight excluding hydrogens is 460 g/mol. The lowest BCUT2D eigenvalue weighted by Gasteiger charge is -2.42. The van der Waals surface area contributed by atoms with Gasteiger partial charge in [-0.1, -0.05) is 93.9 Å². The van der Waals surface area contributed by atoms with E-state index in [1.165, 1.54) is 11.3 Å². The van der Waals surface area contributed by atoms with Crippen molar-refractivity contribution < 1.29 is 0 Å². The summed E-state index contributed by atoms with van der Waals surface area (Å²) in [4.78, 5) is 4.67. The minimum atomic E-state index is 0.132. The number of hydrogen-bond donors (Lipinski definition) is 0. The molecule has 1 atom stereocenters. The summed E-state index contributed by atoms with van der Waals surface area (Å²) in [5, 5.41) is 0. The van der Waals surface area contributed by atoms with Crippen molar-refractivity contribution in [3.05, 3.63) is 139 Å². The van der Waals surface area contributed by atoms with E-state index < -0.39 is 0 Å². The van der Waals surface area contributed by atoms with Crippen LogP contribution in [0.5, 0.6) is 0 Å². The van der Waals surface area contributed by atoms with Gasteiger partial charge in [0.2, 0.25) is 0 Å². The second kappa shape index (κ2) is 10.4. The van der Waals surface area contributed by atoms with Crippen LogP contribution < -0.4 is 9.80 Å². The quantitative estimate of drug-likeness (QED) is 0.261. The minimum absolute atomic E-state index is 0.132. The van der Waals surface area contributed by atoms with Gasteiger partial charge in [-0.15, -0.1) is 0 Å². The highest BCUT2D eigenvalue weighted by Crippen LogP contribution is 2.46. The van der Waals surface area contributed by atoms with Crippen molar-refractivity contribution in [3.63, 3.8) is 0 Å². The normalized spacial score (nSPS) is 17.1. The van der Waals surface area contributed by atoms with E-state index in [0.29, 0.717) is 0 Å². The molecule has 2 nitrogen and oxygen atoms in total. The fourth-order valence-corrected chi connectivity index (χ4v) is 4.94. The van der Waals surface area contributed by atoms with E-state index in [1.54, 1.807) is 0 Å². The van der Waals surface area contributed by atoms with E-state index in [9.17, 15) is 0 Å². The summed E-state index contributed by atoms with van der Waals surface area (Å²) in [5.41, 5.74) is 8.52. The summed E-state index contributed by atoms with van der Waals surface area (Å²) >= 11 is 0. The molecule has 0 N–H and O–H groups in total. The Morgan fingerprint density at radius 1 is 0.579 bits per heavy atom. The van der Waals surface area contributed by atoms with E-state index >= 15 is 0 Å². The number of nitrogens with zero attached hydrogens (tertiary/aromatic N) is 2. The van der Waals surface area contributed by atoms with Crippen molar-refractivity contribution in [1.29, 1.82) is 0 Å². The van der Waals surface area contributed by atoms with E-state index in [0.717, 1.165) is 34.9 Å². The molecule has 0 bridgehead atoms. The molecule has 4 aromatic rings. The molecule has 0 aliphatic heterocycles.